The van der Waals surface area contributed by atoms with Gasteiger partial charge in [0, 0.05) is 11.0 Å². The van der Waals surface area contributed by atoms with E-state index in [9.17, 15) is 5.11 Å². The number of rotatable bonds is 5. The van der Waals surface area contributed by atoms with Gasteiger partial charge < -0.3 is 10.0 Å². The average molecular weight is 346 g/mol. The molecule has 0 saturated carbocycles. The molecule has 110 valence electrons. The molecule has 1 N–H and O–H groups in total. The van der Waals surface area contributed by atoms with Gasteiger partial charge in [-0.3, -0.25) is 0 Å². The molecule has 21 heavy (non-hydrogen) atoms. The predicted molar refractivity (Wildman–Crippen MR) is 92.1 cm³/mol. The highest BCUT2D eigenvalue weighted by Crippen LogP contribution is 2.31. The molecule has 0 saturated heterocycles. The molecule has 0 radical (unpaired) electrons. The van der Waals surface area contributed by atoms with Gasteiger partial charge in [0.05, 0.1) is 0 Å². The molecule has 0 aliphatic heterocycles. The Balaban J connectivity index is 2.37. The highest BCUT2D eigenvalue weighted by atomic mass is 79.9. The maximum atomic E-state index is 10.8. The lowest BCUT2D eigenvalue weighted by Crippen LogP contribution is -2.12. The molecule has 0 amide bonds. The molecule has 1 atom stereocenters. The number of benzene rings is 2. The summed E-state index contributed by atoms with van der Waals surface area (Å²) in [7, 11) is 4.04. The molecular formula is C18H20BrNO. The molecule has 2 nitrogen and oxygen atoms in total. The van der Waals surface area contributed by atoms with Gasteiger partial charge in [-0.2, -0.15) is 0 Å². The Morgan fingerprint density at radius 3 is 2.48 bits per heavy atom. The van der Waals surface area contributed by atoms with Crippen LogP contribution in [0.3, 0.4) is 0 Å². The minimum absolute atomic E-state index is 0.634. The summed E-state index contributed by atoms with van der Waals surface area (Å²) in [6.45, 7) is 0.787. The molecule has 0 aromatic heterocycles. The lowest BCUT2D eigenvalue weighted by atomic mass is 9.95. The lowest BCUT2D eigenvalue weighted by Gasteiger charge is -2.18. The number of hydrogen-bond acceptors (Lipinski definition) is 2. The largest absolute Gasteiger partial charge is 0.384 e. The molecule has 1 unspecified atom stereocenters. The number of nitrogens with zero attached hydrogens (tertiary/aromatic N) is 1. The van der Waals surface area contributed by atoms with E-state index in [2.05, 4.69) is 26.9 Å². The second-order valence-electron chi connectivity index (χ2n) is 5.25. The van der Waals surface area contributed by atoms with E-state index < -0.39 is 6.10 Å². The molecule has 0 fully saturated rings. The van der Waals surface area contributed by atoms with Crippen LogP contribution in [0.4, 0.5) is 0 Å². The van der Waals surface area contributed by atoms with Crippen molar-refractivity contribution >= 4 is 21.5 Å². The maximum Gasteiger partial charge on any atom is 0.104 e. The summed E-state index contributed by atoms with van der Waals surface area (Å²) in [5.74, 6) is 0. The predicted octanol–water partition coefficient (Wildman–Crippen LogP) is 4.13. The smallest absolute Gasteiger partial charge is 0.104 e. The molecule has 3 heteroatoms. The van der Waals surface area contributed by atoms with Gasteiger partial charge >= 0.3 is 0 Å². The summed E-state index contributed by atoms with van der Waals surface area (Å²) in [5, 5.41) is 10.8. The highest BCUT2D eigenvalue weighted by Gasteiger charge is 2.15. The first-order chi connectivity index (χ1) is 10.1. The third kappa shape index (κ3) is 4.53. The minimum atomic E-state index is -0.634. The SMILES string of the molecule is CN(C)CC=C(c1ccccc1)C(O)c1cccc(Br)c1. The van der Waals surface area contributed by atoms with Crippen molar-refractivity contribution in [3.05, 3.63) is 76.3 Å². The third-order valence-electron chi connectivity index (χ3n) is 3.24. The topological polar surface area (TPSA) is 23.5 Å². The first-order valence-electron chi connectivity index (χ1n) is 6.91. The van der Waals surface area contributed by atoms with Gasteiger partial charge in [0.25, 0.3) is 0 Å². The normalized spacial score (nSPS) is 13.5. The van der Waals surface area contributed by atoms with Crippen molar-refractivity contribution in [2.75, 3.05) is 20.6 Å². The Labute approximate surface area is 134 Å². The van der Waals surface area contributed by atoms with Crippen LogP contribution in [0.15, 0.2) is 65.1 Å². The van der Waals surface area contributed by atoms with Crippen LogP contribution in [0, 0.1) is 0 Å². The van der Waals surface area contributed by atoms with Crippen LogP contribution in [0.25, 0.3) is 5.57 Å². The Hall–Kier alpha value is -1.42. The van der Waals surface area contributed by atoms with Crippen molar-refractivity contribution in [3.63, 3.8) is 0 Å². The second-order valence-corrected chi connectivity index (χ2v) is 6.16. The second kappa shape index (κ2) is 7.55. The van der Waals surface area contributed by atoms with Crippen molar-refractivity contribution in [2.45, 2.75) is 6.10 Å². The van der Waals surface area contributed by atoms with Crippen molar-refractivity contribution in [2.24, 2.45) is 0 Å². The van der Waals surface area contributed by atoms with Crippen LogP contribution >= 0.6 is 15.9 Å². The Kier molecular flexibility index (Phi) is 5.74. The molecular weight excluding hydrogens is 326 g/mol. The molecule has 2 aromatic rings. The standard InChI is InChI=1S/C18H20BrNO/c1-20(2)12-11-17(14-7-4-3-5-8-14)18(21)15-9-6-10-16(19)13-15/h3-11,13,18,21H,12H2,1-2H3. The number of hydrogen-bond donors (Lipinski definition) is 1. The van der Waals surface area contributed by atoms with Gasteiger partial charge in [-0.15, -0.1) is 0 Å². The van der Waals surface area contributed by atoms with E-state index >= 15 is 0 Å². The Morgan fingerprint density at radius 2 is 1.86 bits per heavy atom. The zero-order chi connectivity index (χ0) is 15.2. The van der Waals surface area contributed by atoms with Crippen molar-refractivity contribution in [1.82, 2.24) is 4.90 Å². The van der Waals surface area contributed by atoms with E-state index in [4.69, 9.17) is 0 Å². The maximum absolute atomic E-state index is 10.8. The Bertz CT molecular complexity index is 608. The van der Waals surface area contributed by atoms with Gasteiger partial charge in [0.1, 0.15) is 6.10 Å². The summed E-state index contributed by atoms with van der Waals surface area (Å²) >= 11 is 3.46. The van der Waals surface area contributed by atoms with Crippen molar-refractivity contribution in [1.29, 1.82) is 0 Å². The van der Waals surface area contributed by atoms with Gasteiger partial charge in [-0.1, -0.05) is 64.5 Å². The van der Waals surface area contributed by atoms with Crippen LogP contribution in [0.1, 0.15) is 17.2 Å². The van der Waals surface area contributed by atoms with Crippen molar-refractivity contribution < 1.29 is 5.11 Å². The van der Waals surface area contributed by atoms with E-state index in [1.165, 1.54) is 0 Å². The molecule has 0 heterocycles. The van der Waals surface area contributed by atoms with Crippen LogP contribution in [0.5, 0.6) is 0 Å². The zero-order valence-electron chi connectivity index (χ0n) is 12.3. The summed E-state index contributed by atoms with van der Waals surface area (Å²) in [6.07, 6.45) is 1.45. The monoisotopic (exact) mass is 345 g/mol. The summed E-state index contributed by atoms with van der Waals surface area (Å²) in [6, 6.07) is 17.8. The Morgan fingerprint density at radius 1 is 1.14 bits per heavy atom. The van der Waals surface area contributed by atoms with Gasteiger partial charge in [0.15, 0.2) is 0 Å². The number of halogens is 1. The number of aliphatic hydroxyl groups excluding tert-OH is 1. The fraction of sp³-hybridized carbons (Fsp3) is 0.222. The summed E-state index contributed by atoms with van der Waals surface area (Å²) < 4.78 is 0.971. The van der Waals surface area contributed by atoms with E-state index in [1.807, 2.05) is 68.7 Å². The molecule has 0 aliphatic carbocycles. The first-order valence-corrected chi connectivity index (χ1v) is 7.71. The van der Waals surface area contributed by atoms with Gasteiger partial charge in [-0.25, -0.2) is 0 Å². The van der Waals surface area contributed by atoms with E-state index in [0.717, 1.165) is 27.7 Å². The first kappa shape index (κ1) is 16.0. The fourth-order valence-corrected chi connectivity index (χ4v) is 2.57. The highest BCUT2D eigenvalue weighted by molar-refractivity contribution is 9.10. The fourth-order valence-electron chi connectivity index (χ4n) is 2.16. The van der Waals surface area contributed by atoms with E-state index in [1.54, 1.807) is 0 Å². The minimum Gasteiger partial charge on any atom is -0.384 e. The van der Waals surface area contributed by atoms with Crippen molar-refractivity contribution in [3.8, 4) is 0 Å². The summed E-state index contributed by atoms with van der Waals surface area (Å²) in [5.41, 5.74) is 2.87. The number of likely N-dealkylation sites (N-methyl/N-ethyl adjacent to an activating group) is 1. The molecule has 0 aliphatic rings. The lowest BCUT2D eigenvalue weighted by molar-refractivity contribution is 0.237. The van der Waals surface area contributed by atoms with Gasteiger partial charge in [-0.05, 0) is 42.9 Å². The average Bonchev–Trinajstić information content (AvgIpc) is 2.48. The van der Waals surface area contributed by atoms with Crippen LogP contribution < -0.4 is 0 Å². The van der Waals surface area contributed by atoms with Crippen LogP contribution in [-0.2, 0) is 0 Å². The molecule has 2 rings (SSSR count). The van der Waals surface area contributed by atoms with E-state index in [-0.39, 0.29) is 0 Å². The number of aliphatic hydroxyl groups is 1. The van der Waals surface area contributed by atoms with Crippen LogP contribution in [-0.4, -0.2) is 30.6 Å². The molecule has 2 aromatic carbocycles. The third-order valence-corrected chi connectivity index (χ3v) is 3.74. The van der Waals surface area contributed by atoms with Crippen LogP contribution in [0.2, 0.25) is 0 Å². The molecule has 0 spiro atoms. The molecule has 0 bridgehead atoms. The van der Waals surface area contributed by atoms with Gasteiger partial charge in [0.2, 0.25) is 0 Å². The summed E-state index contributed by atoms with van der Waals surface area (Å²) in [4.78, 5) is 2.08. The zero-order valence-corrected chi connectivity index (χ0v) is 13.9. The quantitative estimate of drug-likeness (QED) is 0.880. The van der Waals surface area contributed by atoms with E-state index in [0.29, 0.717) is 0 Å².